The first-order chi connectivity index (χ1) is 19.8. The monoisotopic (exact) mass is 576 g/mol. The van der Waals surface area contributed by atoms with Crippen LogP contribution in [0.25, 0.3) is 6.08 Å². The predicted octanol–water partition coefficient (Wildman–Crippen LogP) is 5.22. The van der Waals surface area contributed by atoms with E-state index in [-0.39, 0.29) is 16.5 Å². The topological polar surface area (TPSA) is 101 Å². The van der Waals surface area contributed by atoms with Crippen LogP contribution in [0.1, 0.15) is 34.8 Å². The number of ether oxygens (including phenoxy) is 2. The van der Waals surface area contributed by atoms with Gasteiger partial charge in [-0.1, -0.05) is 30.4 Å². The molecule has 0 aromatic heterocycles. The summed E-state index contributed by atoms with van der Waals surface area (Å²) in [4.78, 5) is 21.4. The summed E-state index contributed by atoms with van der Waals surface area (Å²) < 4.78 is 40.0. The van der Waals surface area contributed by atoms with Crippen LogP contribution in [0.15, 0.2) is 76.6 Å². The molecule has 3 aromatic carbocycles. The second kappa shape index (κ2) is 13.5. The van der Waals surface area contributed by atoms with Gasteiger partial charge in [-0.15, -0.1) is 0 Å². The number of nitrogens with one attached hydrogen (secondary N) is 1. The van der Waals surface area contributed by atoms with Gasteiger partial charge in [0.05, 0.1) is 25.5 Å². The van der Waals surface area contributed by atoms with Crippen LogP contribution < -0.4 is 14.2 Å². The fourth-order valence-corrected chi connectivity index (χ4v) is 6.20. The number of anilines is 1. The second-order valence-electron chi connectivity index (χ2n) is 9.60. The molecule has 0 radical (unpaired) electrons. The molecule has 41 heavy (non-hydrogen) atoms. The van der Waals surface area contributed by atoms with Crippen molar-refractivity contribution in [2.75, 3.05) is 45.1 Å². The Balaban J connectivity index is 1.42. The summed E-state index contributed by atoms with van der Waals surface area (Å²) in [6, 6.07) is 17.2. The van der Waals surface area contributed by atoms with Gasteiger partial charge >= 0.3 is 0 Å². The summed E-state index contributed by atoms with van der Waals surface area (Å²) in [5, 5.41) is 0. The molecule has 0 unspecified atom stereocenters. The minimum Gasteiger partial charge on any atom is -0.496 e. The molecule has 9 nitrogen and oxygen atoms in total. The maximum atomic E-state index is 13.3. The number of para-hydroxylation sites is 1. The van der Waals surface area contributed by atoms with E-state index in [1.54, 1.807) is 56.7 Å². The SMILES string of the molecule is C=Nc1c(/C=C\C)cccc1S(=O)(=O)Nc1ccc(C(=O)N2CCCN(Cc3c(OC)cccc3OC)CC2)cc1. The van der Waals surface area contributed by atoms with Crippen LogP contribution in [0.3, 0.4) is 0 Å². The normalized spacial score (nSPS) is 14.5. The van der Waals surface area contributed by atoms with Crippen LogP contribution in [0.5, 0.6) is 11.5 Å². The molecule has 0 atom stereocenters. The summed E-state index contributed by atoms with van der Waals surface area (Å²) in [5.74, 6) is 1.47. The average Bonchev–Trinajstić information content (AvgIpc) is 3.22. The Hall–Kier alpha value is -4.15. The highest BCUT2D eigenvalue weighted by atomic mass is 32.2. The lowest BCUT2D eigenvalue weighted by atomic mass is 10.1. The Kier molecular flexibility index (Phi) is 9.80. The zero-order chi connectivity index (χ0) is 29.4. The van der Waals surface area contributed by atoms with E-state index in [0.717, 1.165) is 30.0 Å². The van der Waals surface area contributed by atoms with Gasteiger partial charge in [0.1, 0.15) is 16.4 Å². The molecule has 1 amide bonds. The lowest BCUT2D eigenvalue weighted by Crippen LogP contribution is -2.35. The maximum Gasteiger partial charge on any atom is 0.264 e. The van der Waals surface area contributed by atoms with Crippen molar-refractivity contribution < 1.29 is 22.7 Å². The lowest BCUT2D eigenvalue weighted by molar-refractivity contribution is 0.0761. The number of carbonyl (C=O) groups is 1. The van der Waals surface area contributed by atoms with Crippen molar-refractivity contribution in [3.63, 3.8) is 0 Å². The van der Waals surface area contributed by atoms with Crippen molar-refractivity contribution in [2.45, 2.75) is 24.8 Å². The standard InChI is InChI=1S/C31H36N4O5S/c1-5-9-23-10-6-13-29(30(23)32-2)41(37,38)33-25-16-14-24(15-17-25)31(36)35-19-8-18-34(20-21-35)22-26-27(39-3)11-7-12-28(26)40-4/h5-7,9-17,33H,2,8,18-22H2,1,3-4H3/b9-5-. The maximum absolute atomic E-state index is 13.3. The molecule has 216 valence electrons. The quantitative estimate of drug-likeness (QED) is 0.332. The number of aliphatic imine (C=N–C) groups is 1. The van der Waals surface area contributed by atoms with E-state index >= 15 is 0 Å². The number of allylic oxidation sites excluding steroid dienone is 1. The van der Waals surface area contributed by atoms with Gasteiger partial charge in [0.25, 0.3) is 15.9 Å². The van der Waals surface area contributed by atoms with Gasteiger partial charge in [0.2, 0.25) is 0 Å². The second-order valence-corrected chi connectivity index (χ2v) is 11.2. The number of hydrogen-bond acceptors (Lipinski definition) is 7. The highest BCUT2D eigenvalue weighted by Gasteiger charge is 2.23. The molecule has 1 N–H and O–H groups in total. The minimum absolute atomic E-state index is 0.0307. The summed E-state index contributed by atoms with van der Waals surface area (Å²) >= 11 is 0. The lowest BCUT2D eigenvalue weighted by Gasteiger charge is -2.23. The van der Waals surface area contributed by atoms with E-state index in [2.05, 4.69) is 21.3 Å². The summed E-state index contributed by atoms with van der Waals surface area (Å²) in [7, 11) is -0.637. The first-order valence-corrected chi connectivity index (χ1v) is 14.9. The van der Waals surface area contributed by atoms with E-state index < -0.39 is 10.0 Å². The Bertz CT molecular complexity index is 1500. The zero-order valence-electron chi connectivity index (χ0n) is 23.7. The van der Waals surface area contributed by atoms with Gasteiger partial charge in [-0.3, -0.25) is 19.4 Å². The number of nitrogens with zero attached hydrogens (tertiary/aromatic N) is 3. The Morgan fingerprint density at radius 3 is 2.29 bits per heavy atom. The van der Waals surface area contributed by atoms with Crippen LogP contribution in [-0.4, -0.2) is 71.2 Å². The van der Waals surface area contributed by atoms with E-state index in [0.29, 0.717) is 43.0 Å². The zero-order valence-corrected chi connectivity index (χ0v) is 24.5. The summed E-state index contributed by atoms with van der Waals surface area (Å²) in [6.07, 6.45) is 4.41. The molecule has 1 heterocycles. The minimum atomic E-state index is -3.93. The number of benzene rings is 3. The molecule has 1 fully saturated rings. The average molecular weight is 577 g/mol. The number of rotatable bonds is 10. The molecule has 0 saturated carbocycles. The predicted molar refractivity (Wildman–Crippen MR) is 163 cm³/mol. The van der Waals surface area contributed by atoms with Crippen molar-refractivity contribution in [1.82, 2.24) is 9.80 Å². The van der Waals surface area contributed by atoms with Crippen LogP contribution in [0.4, 0.5) is 11.4 Å². The molecule has 0 spiro atoms. The van der Waals surface area contributed by atoms with Crippen molar-refractivity contribution in [2.24, 2.45) is 4.99 Å². The van der Waals surface area contributed by atoms with Crippen LogP contribution in [0, 0.1) is 0 Å². The smallest absolute Gasteiger partial charge is 0.264 e. The highest BCUT2D eigenvalue weighted by Crippen LogP contribution is 2.31. The van der Waals surface area contributed by atoms with Gasteiger partial charge < -0.3 is 14.4 Å². The van der Waals surface area contributed by atoms with Gasteiger partial charge in [-0.05, 0) is 62.5 Å². The van der Waals surface area contributed by atoms with Gasteiger partial charge in [-0.25, -0.2) is 8.42 Å². The third-order valence-electron chi connectivity index (χ3n) is 7.00. The molecular formula is C31H36N4O5S. The molecule has 0 bridgehead atoms. The van der Waals surface area contributed by atoms with E-state index in [4.69, 9.17) is 9.47 Å². The van der Waals surface area contributed by atoms with E-state index in [1.165, 1.54) is 6.07 Å². The number of hydrogen-bond donors (Lipinski definition) is 1. The fourth-order valence-electron chi connectivity index (χ4n) is 4.95. The van der Waals surface area contributed by atoms with Crippen LogP contribution >= 0.6 is 0 Å². The molecule has 1 aliphatic heterocycles. The number of sulfonamides is 1. The van der Waals surface area contributed by atoms with Gasteiger partial charge in [0, 0.05) is 49.5 Å². The molecule has 4 rings (SSSR count). The first-order valence-electron chi connectivity index (χ1n) is 13.4. The first kappa shape index (κ1) is 29.8. The molecule has 0 aliphatic carbocycles. The molecule has 1 aliphatic rings. The van der Waals surface area contributed by atoms with E-state index in [9.17, 15) is 13.2 Å². The molecular weight excluding hydrogens is 540 g/mol. The Morgan fingerprint density at radius 2 is 1.66 bits per heavy atom. The van der Waals surface area contributed by atoms with Crippen molar-refractivity contribution in [3.8, 4) is 11.5 Å². The van der Waals surface area contributed by atoms with Crippen molar-refractivity contribution in [3.05, 3.63) is 83.4 Å². The van der Waals surface area contributed by atoms with Gasteiger partial charge in [-0.2, -0.15) is 0 Å². The molecule has 3 aromatic rings. The third-order valence-corrected chi connectivity index (χ3v) is 8.41. The number of carbonyl (C=O) groups excluding carboxylic acids is 1. The van der Waals surface area contributed by atoms with Gasteiger partial charge in [0.15, 0.2) is 0 Å². The van der Waals surface area contributed by atoms with Crippen molar-refractivity contribution in [1.29, 1.82) is 0 Å². The molecule has 10 heteroatoms. The summed E-state index contributed by atoms with van der Waals surface area (Å²) in [6.45, 7) is 8.79. The third kappa shape index (κ3) is 6.96. The number of methoxy groups -OCH3 is 2. The Labute approximate surface area is 242 Å². The highest BCUT2D eigenvalue weighted by molar-refractivity contribution is 7.92. The van der Waals surface area contributed by atoms with E-state index in [1.807, 2.05) is 36.1 Å². The van der Waals surface area contributed by atoms with Crippen molar-refractivity contribution >= 4 is 40.1 Å². The summed E-state index contributed by atoms with van der Waals surface area (Å²) in [5.41, 5.74) is 2.77. The fraction of sp³-hybridized carbons (Fsp3) is 0.290. The van der Waals surface area contributed by atoms with Crippen LogP contribution in [-0.2, 0) is 16.6 Å². The largest absolute Gasteiger partial charge is 0.496 e. The van der Waals surface area contributed by atoms with Crippen LogP contribution in [0.2, 0.25) is 0 Å². The number of amides is 1. The Morgan fingerprint density at radius 1 is 0.976 bits per heavy atom. The molecule has 1 saturated heterocycles.